The fourth-order valence-corrected chi connectivity index (χ4v) is 3.91. The summed E-state index contributed by atoms with van der Waals surface area (Å²) in [7, 11) is 6.84. The number of benzene rings is 2. The lowest BCUT2D eigenvalue weighted by molar-refractivity contribution is -0.140. The lowest BCUT2D eigenvalue weighted by Crippen LogP contribution is -2.35. The first-order valence-corrected chi connectivity index (χ1v) is 11.1. The quantitative estimate of drug-likeness (QED) is 0.342. The van der Waals surface area contributed by atoms with Crippen molar-refractivity contribution in [3.8, 4) is 17.2 Å². The predicted molar refractivity (Wildman–Crippen MR) is 129 cm³/mol. The van der Waals surface area contributed by atoms with Crippen molar-refractivity contribution >= 4 is 17.4 Å². The van der Waals surface area contributed by atoms with Gasteiger partial charge in [0.1, 0.15) is 23.0 Å². The fourth-order valence-electron chi connectivity index (χ4n) is 3.91. The maximum absolute atomic E-state index is 13.2. The molecule has 3 rings (SSSR count). The maximum Gasteiger partial charge on any atom is 0.295 e. The molecule has 8 nitrogen and oxygen atoms in total. The van der Waals surface area contributed by atoms with Crippen molar-refractivity contribution in [2.45, 2.75) is 26.0 Å². The molecule has 0 radical (unpaired) electrons. The summed E-state index contributed by atoms with van der Waals surface area (Å²) in [6.45, 7) is 4.69. The molecular formula is C26H32N2O6. The average molecular weight is 469 g/mol. The van der Waals surface area contributed by atoms with Gasteiger partial charge >= 0.3 is 0 Å². The summed E-state index contributed by atoms with van der Waals surface area (Å²) in [6, 6.07) is 11.2. The minimum absolute atomic E-state index is 0.00371. The van der Waals surface area contributed by atoms with E-state index in [0.717, 1.165) is 0 Å². The van der Waals surface area contributed by atoms with E-state index in [2.05, 4.69) is 0 Å². The highest BCUT2D eigenvalue weighted by Gasteiger charge is 2.47. The van der Waals surface area contributed by atoms with Gasteiger partial charge in [0.25, 0.3) is 11.7 Å². The SMILES string of the molecule is COc1ccc(C2/C(=C(/O)c3ccc(OC(C)C)cc3)C(=O)C(=O)N2CCN(C)C)c(OC)c1. The van der Waals surface area contributed by atoms with Crippen molar-refractivity contribution in [2.24, 2.45) is 0 Å². The van der Waals surface area contributed by atoms with Crippen molar-refractivity contribution in [2.75, 3.05) is 41.4 Å². The molecule has 8 heteroatoms. The lowest BCUT2D eigenvalue weighted by atomic mass is 9.94. The first-order valence-electron chi connectivity index (χ1n) is 11.1. The van der Waals surface area contributed by atoms with Crippen LogP contribution in [-0.2, 0) is 9.59 Å². The third-order valence-corrected chi connectivity index (χ3v) is 5.56. The lowest BCUT2D eigenvalue weighted by Gasteiger charge is -2.27. The smallest absolute Gasteiger partial charge is 0.295 e. The number of ketones is 1. The number of aliphatic hydroxyl groups is 1. The van der Waals surface area contributed by atoms with Crippen LogP contribution < -0.4 is 14.2 Å². The molecule has 0 spiro atoms. The van der Waals surface area contributed by atoms with Crippen molar-refractivity contribution < 1.29 is 28.9 Å². The Labute approximate surface area is 200 Å². The van der Waals surface area contributed by atoms with E-state index in [0.29, 0.717) is 41.5 Å². The van der Waals surface area contributed by atoms with Gasteiger partial charge in [0.15, 0.2) is 0 Å². The number of methoxy groups -OCH3 is 2. The molecular weight excluding hydrogens is 436 g/mol. The monoisotopic (exact) mass is 468 g/mol. The number of likely N-dealkylation sites (tertiary alicyclic amines) is 1. The van der Waals surface area contributed by atoms with Crippen molar-refractivity contribution in [3.63, 3.8) is 0 Å². The van der Waals surface area contributed by atoms with Gasteiger partial charge in [0.2, 0.25) is 0 Å². The fraction of sp³-hybridized carbons (Fsp3) is 0.385. The standard InChI is InChI=1S/C26H32N2O6/c1-16(2)34-18-9-7-17(8-10-18)24(29)22-23(20-12-11-19(32-5)15-21(20)33-6)28(14-13-27(3)4)26(31)25(22)30/h7-12,15-16,23,29H,13-14H2,1-6H3/b24-22-. The zero-order valence-electron chi connectivity index (χ0n) is 20.5. The molecule has 1 unspecified atom stereocenters. The summed E-state index contributed by atoms with van der Waals surface area (Å²) >= 11 is 0. The van der Waals surface area contributed by atoms with Crippen LogP contribution in [0.1, 0.15) is 31.0 Å². The van der Waals surface area contributed by atoms with Crippen LogP contribution in [0.25, 0.3) is 5.76 Å². The van der Waals surface area contributed by atoms with Gasteiger partial charge in [-0.2, -0.15) is 0 Å². The Morgan fingerprint density at radius 3 is 2.24 bits per heavy atom. The van der Waals surface area contributed by atoms with Gasteiger partial charge in [-0.25, -0.2) is 0 Å². The van der Waals surface area contributed by atoms with Gasteiger partial charge in [0, 0.05) is 30.3 Å². The largest absolute Gasteiger partial charge is 0.507 e. The highest BCUT2D eigenvalue weighted by Crippen LogP contribution is 2.43. The predicted octanol–water partition coefficient (Wildman–Crippen LogP) is 3.47. The first kappa shape index (κ1) is 25.1. The Balaban J connectivity index is 2.15. The topological polar surface area (TPSA) is 88.5 Å². The summed E-state index contributed by atoms with van der Waals surface area (Å²) in [4.78, 5) is 29.7. The number of nitrogens with zero attached hydrogens (tertiary/aromatic N) is 2. The van der Waals surface area contributed by atoms with Crippen LogP contribution in [0.3, 0.4) is 0 Å². The number of hydrogen-bond donors (Lipinski definition) is 1. The van der Waals surface area contributed by atoms with Gasteiger partial charge in [-0.05, 0) is 64.3 Å². The molecule has 1 aliphatic rings. The number of Topliss-reactive ketones (excluding diaryl/α,β-unsaturated/α-hetero) is 1. The van der Waals surface area contributed by atoms with Gasteiger partial charge in [-0.1, -0.05) is 0 Å². The van der Waals surface area contributed by atoms with Gasteiger partial charge in [-0.15, -0.1) is 0 Å². The van der Waals surface area contributed by atoms with Crippen molar-refractivity contribution in [1.29, 1.82) is 0 Å². The first-order chi connectivity index (χ1) is 16.2. The summed E-state index contributed by atoms with van der Waals surface area (Å²) < 4.78 is 16.5. The molecule has 1 aliphatic heterocycles. The second-order valence-corrected chi connectivity index (χ2v) is 8.59. The average Bonchev–Trinajstić information content (AvgIpc) is 3.06. The van der Waals surface area contributed by atoms with Crippen LogP contribution in [0.15, 0.2) is 48.0 Å². The number of amides is 1. The third-order valence-electron chi connectivity index (χ3n) is 5.56. The van der Waals surface area contributed by atoms with E-state index in [1.807, 2.05) is 32.8 Å². The molecule has 34 heavy (non-hydrogen) atoms. The minimum atomic E-state index is -0.813. The van der Waals surface area contributed by atoms with E-state index in [1.165, 1.54) is 12.0 Å². The summed E-state index contributed by atoms with van der Waals surface area (Å²) in [5, 5.41) is 11.2. The number of ether oxygens (including phenoxy) is 3. The molecule has 0 bridgehead atoms. The van der Waals surface area contributed by atoms with E-state index in [4.69, 9.17) is 14.2 Å². The highest BCUT2D eigenvalue weighted by atomic mass is 16.5. The van der Waals surface area contributed by atoms with Crippen LogP contribution >= 0.6 is 0 Å². The Bertz CT molecular complexity index is 1080. The third kappa shape index (κ3) is 5.17. The molecule has 1 amide bonds. The number of aliphatic hydroxyl groups excluding tert-OH is 1. The number of carbonyl (C=O) groups is 2. The zero-order chi connectivity index (χ0) is 25.0. The summed E-state index contributed by atoms with van der Waals surface area (Å²) in [6.07, 6.45) is 0.00371. The molecule has 1 atom stereocenters. The number of hydrogen-bond acceptors (Lipinski definition) is 7. The number of likely N-dealkylation sites (N-methyl/N-ethyl adjacent to an activating group) is 1. The van der Waals surface area contributed by atoms with E-state index >= 15 is 0 Å². The molecule has 2 aromatic rings. The van der Waals surface area contributed by atoms with E-state index in [-0.39, 0.29) is 17.4 Å². The molecule has 1 heterocycles. The molecule has 0 aliphatic carbocycles. The Morgan fingerprint density at radius 1 is 1.03 bits per heavy atom. The summed E-state index contributed by atoms with van der Waals surface area (Å²) in [5.74, 6) is 0.0305. The van der Waals surface area contributed by atoms with Crippen LogP contribution in [0.2, 0.25) is 0 Å². The zero-order valence-corrected chi connectivity index (χ0v) is 20.5. The molecule has 1 N–H and O–H groups in total. The molecule has 1 fully saturated rings. The van der Waals surface area contributed by atoms with Crippen LogP contribution in [0, 0.1) is 0 Å². The van der Waals surface area contributed by atoms with E-state index in [1.54, 1.807) is 49.6 Å². The van der Waals surface area contributed by atoms with Crippen LogP contribution in [-0.4, -0.2) is 74.1 Å². The van der Waals surface area contributed by atoms with Crippen LogP contribution in [0.4, 0.5) is 0 Å². The highest BCUT2D eigenvalue weighted by molar-refractivity contribution is 6.46. The Hall–Kier alpha value is -3.52. The molecule has 182 valence electrons. The van der Waals surface area contributed by atoms with Gasteiger partial charge < -0.3 is 29.1 Å². The van der Waals surface area contributed by atoms with Crippen molar-refractivity contribution in [3.05, 3.63) is 59.2 Å². The second kappa shape index (κ2) is 10.6. The van der Waals surface area contributed by atoms with E-state index in [9.17, 15) is 14.7 Å². The Morgan fingerprint density at radius 2 is 1.68 bits per heavy atom. The van der Waals surface area contributed by atoms with Gasteiger partial charge in [-0.3, -0.25) is 9.59 Å². The molecule has 0 saturated carbocycles. The summed E-state index contributed by atoms with van der Waals surface area (Å²) in [5.41, 5.74) is 1.02. The Kier molecular flexibility index (Phi) is 7.83. The molecule has 2 aromatic carbocycles. The molecule has 1 saturated heterocycles. The number of rotatable bonds is 9. The maximum atomic E-state index is 13.2. The number of carbonyl (C=O) groups excluding carboxylic acids is 2. The van der Waals surface area contributed by atoms with E-state index < -0.39 is 17.7 Å². The normalized spacial score (nSPS) is 17.5. The second-order valence-electron chi connectivity index (χ2n) is 8.59. The van der Waals surface area contributed by atoms with Crippen LogP contribution in [0.5, 0.6) is 17.2 Å². The van der Waals surface area contributed by atoms with Gasteiger partial charge in [0.05, 0.1) is 31.9 Å². The minimum Gasteiger partial charge on any atom is -0.507 e. The molecule has 0 aromatic heterocycles. The van der Waals surface area contributed by atoms with Crippen molar-refractivity contribution in [1.82, 2.24) is 9.80 Å².